The number of aliphatic carboxylic acids is 1. The van der Waals surface area contributed by atoms with E-state index in [4.69, 9.17) is 27.9 Å². The van der Waals surface area contributed by atoms with Crippen molar-refractivity contribution in [1.82, 2.24) is 4.90 Å². The highest BCUT2D eigenvalue weighted by atomic mass is 35.5. The van der Waals surface area contributed by atoms with Crippen molar-refractivity contribution in [2.75, 3.05) is 7.11 Å². The summed E-state index contributed by atoms with van der Waals surface area (Å²) in [5, 5.41) is 11.6. The van der Waals surface area contributed by atoms with Crippen LogP contribution in [0, 0.1) is 0 Å². The summed E-state index contributed by atoms with van der Waals surface area (Å²) in [6.07, 6.45) is 1.86. The molecule has 1 atom stereocenters. The van der Waals surface area contributed by atoms with E-state index in [2.05, 4.69) is 4.99 Å². The van der Waals surface area contributed by atoms with Crippen molar-refractivity contribution in [3.05, 3.63) is 81.1 Å². The van der Waals surface area contributed by atoms with Crippen LogP contribution < -0.4 is 4.74 Å². The molecule has 2 heterocycles. The number of thioether (sulfide) groups is 1. The first-order valence-corrected chi connectivity index (χ1v) is 10.3. The molecule has 0 aliphatic carbocycles. The minimum atomic E-state index is -1.01. The standard InChI is InChI=1S/C21H16Cl2N2O3S.2ClH/c1-11-17(20(26)27)19(12-6-8-13(28-2)9-7-12)25-10-16(29-21(25)24-11)18-14(22)4-3-5-15(18)23;;/h3-10,19H,1-2H3,(H,26,27);2*1H. The number of fused-ring (bicyclic) bond motifs is 1. The fourth-order valence-electron chi connectivity index (χ4n) is 3.40. The number of methoxy groups -OCH3 is 1. The number of hydrogen-bond donors (Lipinski definition) is 1. The van der Waals surface area contributed by atoms with E-state index >= 15 is 0 Å². The molecule has 0 amide bonds. The van der Waals surface area contributed by atoms with Gasteiger partial charge in [0.1, 0.15) is 5.75 Å². The van der Waals surface area contributed by atoms with Crippen LogP contribution >= 0.6 is 59.8 Å². The highest BCUT2D eigenvalue weighted by molar-refractivity contribution is 8.22. The van der Waals surface area contributed by atoms with Crippen molar-refractivity contribution >= 4 is 75.8 Å². The molecular formula is C21H18Cl4N2O3S. The zero-order chi connectivity index (χ0) is 20.7. The Morgan fingerprint density at radius 3 is 2.29 bits per heavy atom. The average Bonchev–Trinajstić information content (AvgIpc) is 3.09. The Morgan fingerprint density at radius 1 is 1.13 bits per heavy atom. The van der Waals surface area contributed by atoms with Crippen molar-refractivity contribution in [3.63, 3.8) is 0 Å². The molecule has 164 valence electrons. The van der Waals surface area contributed by atoms with Gasteiger partial charge in [-0.3, -0.25) is 0 Å². The van der Waals surface area contributed by atoms with Crippen LogP contribution in [-0.2, 0) is 4.79 Å². The summed E-state index contributed by atoms with van der Waals surface area (Å²) in [7, 11) is 1.59. The number of carboxylic acid groups (broad SMARTS) is 1. The quantitative estimate of drug-likeness (QED) is 0.489. The van der Waals surface area contributed by atoms with Gasteiger partial charge in [-0.2, -0.15) is 0 Å². The van der Waals surface area contributed by atoms with Crippen LogP contribution in [0.25, 0.3) is 4.91 Å². The van der Waals surface area contributed by atoms with E-state index in [1.54, 1.807) is 32.2 Å². The smallest absolute Gasteiger partial charge is 0.335 e. The lowest BCUT2D eigenvalue weighted by molar-refractivity contribution is -0.133. The van der Waals surface area contributed by atoms with Crippen LogP contribution in [0.1, 0.15) is 24.1 Å². The van der Waals surface area contributed by atoms with Crippen LogP contribution in [-0.4, -0.2) is 28.3 Å². The molecule has 1 unspecified atom stereocenters. The van der Waals surface area contributed by atoms with E-state index in [9.17, 15) is 9.90 Å². The second-order valence-electron chi connectivity index (χ2n) is 6.47. The molecule has 31 heavy (non-hydrogen) atoms. The van der Waals surface area contributed by atoms with Gasteiger partial charge in [0.15, 0.2) is 5.17 Å². The summed E-state index contributed by atoms with van der Waals surface area (Å²) in [5.74, 6) is -0.306. The lowest BCUT2D eigenvalue weighted by atomic mass is 9.95. The topological polar surface area (TPSA) is 62.1 Å². The van der Waals surface area contributed by atoms with Gasteiger partial charge in [-0.25, -0.2) is 9.79 Å². The van der Waals surface area contributed by atoms with Crippen molar-refractivity contribution < 1.29 is 14.6 Å². The Morgan fingerprint density at radius 2 is 1.74 bits per heavy atom. The van der Waals surface area contributed by atoms with E-state index < -0.39 is 12.0 Å². The summed E-state index contributed by atoms with van der Waals surface area (Å²) >= 11 is 14.2. The summed E-state index contributed by atoms with van der Waals surface area (Å²) in [4.78, 5) is 19.3. The molecule has 0 bridgehead atoms. The normalized spacial score (nSPS) is 17.2. The first kappa shape index (κ1) is 25.4. The molecule has 0 saturated heterocycles. The fourth-order valence-corrected chi connectivity index (χ4v) is 5.24. The van der Waals surface area contributed by atoms with Crippen LogP contribution in [0.15, 0.2) is 64.9 Å². The third-order valence-corrected chi connectivity index (χ3v) is 6.40. The number of allylic oxidation sites excluding steroid dienone is 1. The molecule has 10 heteroatoms. The average molecular weight is 520 g/mol. The maximum Gasteiger partial charge on any atom is 0.335 e. The molecule has 2 aliphatic heterocycles. The second-order valence-corrected chi connectivity index (χ2v) is 8.30. The Bertz CT molecular complexity index is 1080. The molecule has 0 spiro atoms. The highest BCUT2D eigenvalue weighted by Crippen LogP contribution is 2.48. The number of halogens is 4. The summed E-state index contributed by atoms with van der Waals surface area (Å²) in [5.41, 5.74) is 2.22. The number of amidine groups is 1. The Balaban J connectivity index is 0.00000171. The van der Waals surface area contributed by atoms with Crippen molar-refractivity contribution in [2.45, 2.75) is 13.0 Å². The number of carboxylic acids is 1. The van der Waals surface area contributed by atoms with Gasteiger partial charge in [0.05, 0.1) is 34.5 Å². The lowest BCUT2D eigenvalue weighted by Gasteiger charge is -2.32. The first-order valence-electron chi connectivity index (χ1n) is 8.69. The van der Waals surface area contributed by atoms with Crippen molar-refractivity contribution in [1.29, 1.82) is 0 Å². The molecule has 0 radical (unpaired) electrons. The number of benzene rings is 2. The summed E-state index contributed by atoms with van der Waals surface area (Å²) in [6.45, 7) is 1.71. The lowest BCUT2D eigenvalue weighted by Crippen LogP contribution is -2.33. The molecule has 0 saturated carbocycles. The maximum absolute atomic E-state index is 12.1. The molecule has 2 aromatic carbocycles. The third kappa shape index (κ3) is 4.69. The van der Waals surface area contributed by atoms with E-state index in [1.807, 2.05) is 35.4 Å². The second kappa shape index (κ2) is 10.2. The zero-order valence-corrected chi connectivity index (χ0v) is 20.3. The summed E-state index contributed by atoms with van der Waals surface area (Å²) < 4.78 is 5.23. The third-order valence-electron chi connectivity index (χ3n) is 4.75. The summed E-state index contributed by atoms with van der Waals surface area (Å²) in [6, 6.07) is 12.2. The fraction of sp³-hybridized carbons (Fsp3) is 0.143. The maximum atomic E-state index is 12.1. The number of aliphatic imine (C=N–C) groups is 1. The monoisotopic (exact) mass is 518 g/mol. The predicted octanol–water partition coefficient (Wildman–Crippen LogP) is 6.66. The first-order chi connectivity index (χ1) is 13.9. The largest absolute Gasteiger partial charge is 0.497 e. The Labute approximate surface area is 206 Å². The molecule has 5 nitrogen and oxygen atoms in total. The molecular weight excluding hydrogens is 502 g/mol. The molecule has 0 fully saturated rings. The highest BCUT2D eigenvalue weighted by Gasteiger charge is 2.39. The van der Waals surface area contributed by atoms with Crippen LogP contribution in [0.4, 0.5) is 0 Å². The van der Waals surface area contributed by atoms with Gasteiger partial charge in [-0.1, -0.05) is 41.4 Å². The molecule has 4 rings (SSSR count). The van der Waals surface area contributed by atoms with Crippen molar-refractivity contribution in [3.8, 4) is 5.75 Å². The molecule has 2 aromatic rings. The SMILES string of the molecule is COc1ccc(C2C(C(=O)O)=C(C)N=C3SC(c4c(Cl)cccc4Cl)=CN32)cc1.Cl.Cl. The van der Waals surface area contributed by atoms with E-state index in [0.29, 0.717) is 32.2 Å². The van der Waals surface area contributed by atoms with Gasteiger partial charge in [-0.15, -0.1) is 24.8 Å². The van der Waals surface area contributed by atoms with Gasteiger partial charge in [0.25, 0.3) is 0 Å². The van der Waals surface area contributed by atoms with Gasteiger partial charge in [0.2, 0.25) is 0 Å². The molecule has 1 N–H and O–H groups in total. The van der Waals surface area contributed by atoms with E-state index in [-0.39, 0.29) is 30.4 Å². The Kier molecular flexibility index (Phi) is 8.36. The van der Waals surface area contributed by atoms with Gasteiger partial charge < -0.3 is 14.7 Å². The number of hydrogen-bond acceptors (Lipinski definition) is 5. The van der Waals surface area contributed by atoms with Crippen molar-refractivity contribution in [2.24, 2.45) is 4.99 Å². The predicted molar refractivity (Wildman–Crippen MR) is 132 cm³/mol. The number of carbonyl (C=O) groups is 1. The van der Waals surface area contributed by atoms with Crippen LogP contribution in [0.5, 0.6) is 5.75 Å². The number of rotatable bonds is 4. The van der Waals surface area contributed by atoms with Gasteiger partial charge in [0, 0.05) is 16.7 Å². The number of nitrogens with zero attached hydrogens (tertiary/aromatic N) is 2. The molecule has 0 aromatic heterocycles. The molecule has 2 aliphatic rings. The zero-order valence-electron chi connectivity index (χ0n) is 16.3. The van der Waals surface area contributed by atoms with E-state index in [1.165, 1.54) is 11.8 Å². The van der Waals surface area contributed by atoms with E-state index in [0.717, 1.165) is 10.5 Å². The van der Waals surface area contributed by atoms with Crippen LogP contribution in [0.2, 0.25) is 10.0 Å². The Hall–Kier alpha value is -1.83. The minimum absolute atomic E-state index is 0. The number of ether oxygens (including phenoxy) is 1. The minimum Gasteiger partial charge on any atom is -0.497 e. The van der Waals surface area contributed by atoms with Gasteiger partial charge in [-0.05, 0) is 48.5 Å². The van der Waals surface area contributed by atoms with Gasteiger partial charge >= 0.3 is 5.97 Å². The van der Waals surface area contributed by atoms with Crippen LogP contribution in [0.3, 0.4) is 0 Å².